The minimum Gasteiger partial charge on any atom is -0.325 e. The summed E-state index contributed by atoms with van der Waals surface area (Å²) in [5, 5.41) is 2.31. The van der Waals surface area contributed by atoms with Crippen molar-refractivity contribution >= 4 is 35.0 Å². The summed E-state index contributed by atoms with van der Waals surface area (Å²) in [5.74, 6) is -0.0763. The third-order valence-electron chi connectivity index (χ3n) is 2.72. The van der Waals surface area contributed by atoms with Crippen molar-refractivity contribution in [2.75, 3.05) is 5.32 Å². The molecule has 4 heteroatoms. The van der Waals surface area contributed by atoms with Gasteiger partial charge >= 0.3 is 0 Å². The molecular weight excluding hydrogens is 290 g/mol. The van der Waals surface area contributed by atoms with Crippen molar-refractivity contribution in [3.63, 3.8) is 0 Å². The van der Waals surface area contributed by atoms with E-state index in [0.29, 0.717) is 0 Å². The average molecular weight is 306 g/mol. The molecule has 2 aromatic rings. The van der Waals surface area contributed by atoms with Crippen LogP contribution in [0.5, 0.6) is 0 Å². The van der Waals surface area contributed by atoms with Crippen LogP contribution in [-0.2, 0) is 4.79 Å². The van der Waals surface area contributed by atoms with Crippen molar-refractivity contribution in [3.05, 3.63) is 60.7 Å². The number of benzene rings is 2. The molecule has 0 saturated heterocycles. The van der Waals surface area contributed by atoms with Crippen LogP contribution in [0.4, 0.5) is 5.69 Å². The molecule has 0 radical (unpaired) electrons. The molecular formula is C16H16ClNOS. The summed E-state index contributed by atoms with van der Waals surface area (Å²) in [6.45, 7) is 1.84. The number of para-hydroxylation sites is 1. The van der Waals surface area contributed by atoms with Gasteiger partial charge in [-0.3, -0.25) is 4.79 Å². The summed E-state index contributed by atoms with van der Waals surface area (Å²) in [4.78, 5) is 13.4. The third kappa shape index (κ3) is 4.29. The Morgan fingerprint density at radius 2 is 1.60 bits per heavy atom. The van der Waals surface area contributed by atoms with Crippen LogP contribution in [-0.4, -0.2) is 16.5 Å². The van der Waals surface area contributed by atoms with Gasteiger partial charge in [-0.2, -0.15) is 0 Å². The fraction of sp³-hybridized carbons (Fsp3) is 0.188. The van der Waals surface area contributed by atoms with E-state index in [4.69, 9.17) is 11.6 Å². The van der Waals surface area contributed by atoms with Gasteiger partial charge in [0.2, 0.25) is 5.91 Å². The molecule has 0 spiro atoms. The molecule has 0 unspecified atom stereocenters. The number of thioether (sulfide) groups is 1. The zero-order chi connectivity index (χ0) is 14.4. The van der Waals surface area contributed by atoms with Crippen molar-refractivity contribution in [1.82, 2.24) is 0 Å². The Balaban J connectivity index is 2.07. The Morgan fingerprint density at radius 3 is 2.15 bits per heavy atom. The highest BCUT2D eigenvalue weighted by Crippen LogP contribution is 2.28. The van der Waals surface area contributed by atoms with Crippen LogP contribution in [0.2, 0.25) is 0 Å². The Bertz CT molecular complexity index is 545. The normalized spacial score (nSPS) is 13.5. The molecule has 0 saturated carbocycles. The minimum atomic E-state index is -0.334. The summed E-state index contributed by atoms with van der Waals surface area (Å²) >= 11 is 7.65. The largest absolute Gasteiger partial charge is 0.325 e. The molecule has 104 valence electrons. The molecule has 1 N–H and O–H groups in total. The molecule has 2 nitrogen and oxygen atoms in total. The second-order valence-electron chi connectivity index (χ2n) is 4.38. The lowest BCUT2D eigenvalue weighted by Gasteiger charge is -2.18. The van der Waals surface area contributed by atoms with E-state index in [1.807, 2.05) is 67.6 Å². The number of hydrogen-bond acceptors (Lipinski definition) is 2. The maximum Gasteiger partial charge on any atom is 0.239 e. The molecule has 1 amide bonds. The highest BCUT2D eigenvalue weighted by Gasteiger charge is 2.25. The fourth-order valence-corrected chi connectivity index (χ4v) is 2.97. The third-order valence-corrected chi connectivity index (χ3v) is 4.55. The maximum absolute atomic E-state index is 12.3. The highest BCUT2D eigenvalue weighted by atomic mass is 35.5. The van der Waals surface area contributed by atoms with E-state index < -0.39 is 0 Å². The van der Waals surface area contributed by atoms with Gasteiger partial charge < -0.3 is 5.32 Å². The first-order valence-electron chi connectivity index (χ1n) is 6.38. The summed E-state index contributed by atoms with van der Waals surface area (Å²) < 4.78 is 0. The summed E-state index contributed by atoms with van der Waals surface area (Å²) in [6.07, 6.45) is 0. The lowest BCUT2D eigenvalue weighted by molar-refractivity contribution is -0.115. The van der Waals surface area contributed by atoms with Crippen LogP contribution in [0, 0.1) is 0 Å². The van der Waals surface area contributed by atoms with E-state index in [0.717, 1.165) is 10.6 Å². The topological polar surface area (TPSA) is 29.1 Å². The first-order chi connectivity index (χ1) is 9.66. The number of nitrogens with one attached hydrogen (secondary N) is 1. The van der Waals surface area contributed by atoms with E-state index in [-0.39, 0.29) is 16.5 Å². The number of halogens is 1. The summed E-state index contributed by atoms with van der Waals surface area (Å²) in [6, 6.07) is 19.2. The average Bonchev–Trinajstić information content (AvgIpc) is 2.46. The SMILES string of the molecule is C[C@H](Cl)[C@@H](Sc1ccccc1)C(=O)Nc1ccccc1. The molecule has 0 aliphatic carbocycles. The minimum absolute atomic E-state index is 0.0763. The van der Waals surface area contributed by atoms with Crippen molar-refractivity contribution in [2.45, 2.75) is 22.4 Å². The molecule has 0 aliphatic heterocycles. The first kappa shape index (κ1) is 14.9. The quantitative estimate of drug-likeness (QED) is 0.654. The van der Waals surface area contributed by atoms with Gasteiger partial charge in [0.05, 0.1) is 5.38 Å². The lowest BCUT2D eigenvalue weighted by Crippen LogP contribution is -2.31. The monoisotopic (exact) mass is 305 g/mol. The second kappa shape index (κ2) is 7.36. The predicted octanol–water partition coefficient (Wildman–Crippen LogP) is 4.41. The maximum atomic E-state index is 12.3. The van der Waals surface area contributed by atoms with Gasteiger partial charge in [-0.15, -0.1) is 23.4 Å². The van der Waals surface area contributed by atoms with Gasteiger partial charge in [0.25, 0.3) is 0 Å². The molecule has 0 aromatic heterocycles. The highest BCUT2D eigenvalue weighted by molar-refractivity contribution is 8.00. The van der Waals surface area contributed by atoms with E-state index in [1.165, 1.54) is 11.8 Å². The van der Waals surface area contributed by atoms with Gasteiger partial charge in [-0.1, -0.05) is 36.4 Å². The molecule has 0 aliphatic rings. The number of hydrogen-bond donors (Lipinski definition) is 1. The van der Waals surface area contributed by atoms with Gasteiger partial charge in [-0.05, 0) is 31.2 Å². The van der Waals surface area contributed by atoms with E-state index in [9.17, 15) is 4.79 Å². The van der Waals surface area contributed by atoms with Crippen LogP contribution in [0.1, 0.15) is 6.92 Å². The second-order valence-corrected chi connectivity index (χ2v) is 6.29. The molecule has 20 heavy (non-hydrogen) atoms. The van der Waals surface area contributed by atoms with E-state index in [2.05, 4.69) is 5.32 Å². The Hall–Kier alpha value is -1.45. The van der Waals surface area contributed by atoms with Gasteiger partial charge in [0.15, 0.2) is 0 Å². The first-order valence-corrected chi connectivity index (χ1v) is 7.70. The Morgan fingerprint density at radius 1 is 1.05 bits per heavy atom. The number of carbonyl (C=O) groups is 1. The van der Waals surface area contributed by atoms with Gasteiger partial charge in [-0.25, -0.2) is 0 Å². The van der Waals surface area contributed by atoms with Crippen LogP contribution >= 0.6 is 23.4 Å². The molecule has 0 fully saturated rings. The molecule has 0 bridgehead atoms. The zero-order valence-electron chi connectivity index (χ0n) is 11.1. The van der Waals surface area contributed by atoms with Crippen molar-refractivity contribution in [3.8, 4) is 0 Å². The number of rotatable bonds is 5. The van der Waals surface area contributed by atoms with Crippen LogP contribution in [0.25, 0.3) is 0 Å². The molecule has 2 atom stereocenters. The number of alkyl halides is 1. The molecule has 2 aromatic carbocycles. The van der Waals surface area contributed by atoms with E-state index in [1.54, 1.807) is 0 Å². The Labute approximate surface area is 128 Å². The predicted molar refractivity (Wildman–Crippen MR) is 86.5 cm³/mol. The van der Waals surface area contributed by atoms with Crippen molar-refractivity contribution in [1.29, 1.82) is 0 Å². The summed E-state index contributed by atoms with van der Waals surface area (Å²) in [5.41, 5.74) is 0.786. The van der Waals surface area contributed by atoms with Crippen molar-refractivity contribution < 1.29 is 4.79 Å². The van der Waals surface area contributed by atoms with Crippen molar-refractivity contribution in [2.24, 2.45) is 0 Å². The molecule has 2 rings (SSSR count). The number of amides is 1. The standard InChI is InChI=1S/C16H16ClNOS/c1-12(17)15(20-14-10-6-3-7-11-14)16(19)18-13-8-4-2-5-9-13/h2-12,15H,1H3,(H,18,19)/t12-,15+/m0/s1. The smallest absolute Gasteiger partial charge is 0.239 e. The zero-order valence-corrected chi connectivity index (χ0v) is 12.7. The Kier molecular flexibility index (Phi) is 5.50. The van der Waals surface area contributed by atoms with E-state index >= 15 is 0 Å². The number of carbonyl (C=O) groups excluding carboxylic acids is 1. The number of anilines is 1. The summed E-state index contributed by atoms with van der Waals surface area (Å²) in [7, 11) is 0. The molecule has 0 heterocycles. The fourth-order valence-electron chi connectivity index (χ4n) is 1.74. The van der Waals surface area contributed by atoms with Gasteiger partial charge in [0.1, 0.15) is 5.25 Å². The van der Waals surface area contributed by atoms with Gasteiger partial charge in [0, 0.05) is 10.6 Å². The lowest BCUT2D eigenvalue weighted by atomic mass is 10.2. The van der Waals surface area contributed by atoms with Crippen LogP contribution in [0.15, 0.2) is 65.6 Å². The van der Waals surface area contributed by atoms with Crippen LogP contribution < -0.4 is 5.32 Å². The van der Waals surface area contributed by atoms with Crippen LogP contribution in [0.3, 0.4) is 0 Å².